The van der Waals surface area contributed by atoms with Crippen LogP contribution in [-0.2, 0) is 0 Å². The molecule has 0 aromatic heterocycles. The van der Waals surface area contributed by atoms with E-state index in [0.717, 1.165) is 36.4 Å². The van der Waals surface area contributed by atoms with Crippen molar-refractivity contribution in [2.75, 3.05) is 45.2 Å². The van der Waals surface area contributed by atoms with Gasteiger partial charge in [-0.05, 0) is 47.6 Å². The van der Waals surface area contributed by atoms with Crippen molar-refractivity contribution in [1.82, 2.24) is 4.90 Å². The van der Waals surface area contributed by atoms with Gasteiger partial charge in [0.05, 0.1) is 12.8 Å². The molecule has 1 aliphatic rings. The normalized spacial score (nSPS) is 17.3. The standard InChI is InChI=1S/C13H19BrN2O/c1-10-8-11(14)13(12(9-10)17-3)16-6-4-15(2)5-7-16/h8-9H,4-7H2,1-3H3. The monoisotopic (exact) mass is 298 g/mol. The number of hydrogen-bond acceptors (Lipinski definition) is 3. The number of rotatable bonds is 2. The lowest BCUT2D eigenvalue weighted by Gasteiger charge is -2.35. The van der Waals surface area contributed by atoms with Gasteiger partial charge in [0.25, 0.3) is 0 Å². The highest BCUT2D eigenvalue weighted by molar-refractivity contribution is 9.10. The van der Waals surface area contributed by atoms with E-state index in [9.17, 15) is 0 Å². The molecule has 0 radical (unpaired) electrons. The van der Waals surface area contributed by atoms with Gasteiger partial charge in [-0.1, -0.05) is 0 Å². The van der Waals surface area contributed by atoms with Crippen LogP contribution >= 0.6 is 15.9 Å². The molecule has 0 atom stereocenters. The average molecular weight is 299 g/mol. The molecule has 0 saturated carbocycles. The third kappa shape index (κ3) is 2.75. The van der Waals surface area contributed by atoms with Crippen molar-refractivity contribution < 1.29 is 4.74 Å². The molecule has 1 heterocycles. The Kier molecular flexibility index (Phi) is 3.94. The zero-order valence-electron chi connectivity index (χ0n) is 10.7. The first-order chi connectivity index (χ1) is 8.11. The quantitative estimate of drug-likeness (QED) is 0.834. The zero-order chi connectivity index (χ0) is 12.4. The maximum Gasteiger partial charge on any atom is 0.143 e. The van der Waals surface area contributed by atoms with Crippen LogP contribution < -0.4 is 9.64 Å². The minimum atomic E-state index is 0.960. The van der Waals surface area contributed by atoms with Gasteiger partial charge in [0, 0.05) is 30.7 Å². The number of ether oxygens (including phenoxy) is 1. The summed E-state index contributed by atoms with van der Waals surface area (Å²) in [6.07, 6.45) is 0. The topological polar surface area (TPSA) is 15.7 Å². The van der Waals surface area contributed by atoms with Crippen LogP contribution in [0.3, 0.4) is 0 Å². The van der Waals surface area contributed by atoms with Crippen molar-refractivity contribution in [2.24, 2.45) is 0 Å². The number of benzene rings is 1. The molecule has 1 aliphatic heterocycles. The summed E-state index contributed by atoms with van der Waals surface area (Å²) in [6, 6.07) is 4.24. The van der Waals surface area contributed by atoms with Crippen molar-refractivity contribution in [2.45, 2.75) is 6.92 Å². The number of likely N-dealkylation sites (N-methyl/N-ethyl adjacent to an activating group) is 1. The van der Waals surface area contributed by atoms with Gasteiger partial charge in [-0.25, -0.2) is 0 Å². The molecule has 94 valence electrons. The zero-order valence-corrected chi connectivity index (χ0v) is 12.2. The summed E-state index contributed by atoms with van der Waals surface area (Å²) < 4.78 is 6.63. The van der Waals surface area contributed by atoms with Crippen molar-refractivity contribution in [3.8, 4) is 5.75 Å². The lowest BCUT2D eigenvalue weighted by molar-refractivity contribution is 0.311. The lowest BCUT2D eigenvalue weighted by Crippen LogP contribution is -2.44. The van der Waals surface area contributed by atoms with Gasteiger partial charge in [0.2, 0.25) is 0 Å². The number of aryl methyl sites for hydroxylation is 1. The molecule has 1 saturated heterocycles. The largest absolute Gasteiger partial charge is 0.495 e. The van der Waals surface area contributed by atoms with Crippen LogP contribution in [0.15, 0.2) is 16.6 Å². The van der Waals surface area contributed by atoms with Crippen molar-refractivity contribution in [3.63, 3.8) is 0 Å². The molecule has 0 amide bonds. The summed E-state index contributed by atoms with van der Waals surface area (Å²) in [5, 5.41) is 0. The highest BCUT2D eigenvalue weighted by atomic mass is 79.9. The van der Waals surface area contributed by atoms with E-state index < -0.39 is 0 Å². The van der Waals surface area contributed by atoms with E-state index in [0.29, 0.717) is 0 Å². The van der Waals surface area contributed by atoms with E-state index in [1.54, 1.807) is 7.11 Å². The van der Waals surface area contributed by atoms with Crippen LogP contribution in [0.4, 0.5) is 5.69 Å². The van der Waals surface area contributed by atoms with Crippen LogP contribution in [0.1, 0.15) is 5.56 Å². The van der Waals surface area contributed by atoms with Crippen molar-refractivity contribution >= 4 is 21.6 Å². The Morgan fingerprint density at radius 2 is 1.82 bits per heavy atom. The number of nitrogens with zero attached hydrogens (tertiary/aromatic N) is 2. The van der Waals surface area contributed by atoms with Gasteiger partial charge in [-0.2, -0.15) is 0 Å². The van der Waals surface area contributed by atoms with E-state index in [1.165, 1.54) is 11.3 Å². The lowest BCUT2D eigenvalue weighted by atomic mass is 10.1. The van der Waals surface area contributed by atoms with Crippen molar-refractivity contribution in [1.29, 1.82) is 0 Å². The predicted molar refractivity (Wildman–Crippen MR) is 75.1 cm³/mol. The molecule has 2 rings (SSSR count). The molecule has 0 unspecified atom stereocenters. The molecular weight excluding hydrogens is 280 g/mol. The fourth-order valence-electron chi connectivity index (χ4n) is 2.20. The maximum atomic E-state index is 5.50. The molecule has 1 aromatic carbocycles. The highest BCUT2D eigenvalue weighted by Crippen LogP contribution is 2.37. The van der Waals surface area contributed by atoms with E-state index in [1.807, 2.05) is 0 Å². The SMILES string of the molecule is COc1cc(C)cc(Br)c1N1CCN(C)CC1. The molecule has 3 nitrogen and oxygen atoms in total. The summed E-state index contributed by atoms with van der Waals surface area (Å²) in [5.74, 6) is 0.960. The molecule has 4 heteroatoms. The van der Waals surface area contributed by atoms with E-state index >= 15 is 0 Å². The number of hydrogen-bond donors (Lipinski definition) is 0. The van der Waals surface area contributed by atoms with Crippen LogP contribution in [-0.4, -0.2) is 45.2 Å². The third-order valence-corrected chi connectivity index (χ3v) is 3.82. The van der Waals surface area contributed by atoms with E-state index in [-0.39, 0.29) is 0 Å². The Morgan fingerprint density at radius 1 is 1.18 bits per heavy atom. The molecule has 1 aromatic rings. The number of piperazine rings is 1. The minimum Gasteiger partial charge on any atom is -0.495 e. The van der Waals surface area contributed by atoms with Gasteiger partial charge < -0.3 is 14.5 Å². The molecule has 17 heavy (non-hydrogen) atoms. The first-order valence-electron chi connectivity index (χ1n) is 5.89. The molecule has 0 aliphatic carbocycles. The van der Waals surface area contributed by atoms with Gasteiger partial charge in [0.1, 0.15) is 5.75 Å². The Hall–Kier alpha value is -0.740. The summed E-state index contributed by atoms with van der Waals surface area (Å²) in [7, 11) is 3.90. The fraction of sp³-hybridized carbons (Fsp3) is 0.538. The number of anilines is 1. The Balaban J connectivity index is 2.31. The second-order valence-electron chi connectivity index (χ2n) is 4.59. The summed E-state index contributed by atoms with van der Waals surface area (Å²) in [5.41, 5.74) is 2.40. The summed E-state index contributed by atoms with van der Waals surface area (Å²) >= 11 is 3.65. The Bertz CT molecular complexity index is 401. The number of methoxy groups -OCH3 is 1. The van der Waals surface area contributed by atoms with Gasteiger partial charge in [0.15, 0.2) is 0 Å². The highest BCUT2D eigenvalue weighted by Gasteiger charge is 2.20. The van der Waals surface area contributed by atoms with E-state index in [4.69, 9.17) is 4.74 Å². The van der Waals surface area contributed by atoms with Crippen LogP contribution in [0.25, 0.3) is 0 Å². The third-order valence-electron chi connectivity index (χ3n) is 3.21. The molecule has 0 spiro atoms. The summed E-state index contributed by atoms with van der Waals surface area (Å²) in [4.78, 5) is 4.74. The van der Waals surface area contributed by atoms with Gasteiger partial charge in [-0.3, -0.25) is 0 Å². The predicted octanol–water partition coefficient (Wildman–Crippen LogP) is 2.52. The first-order valence-corrected chi connectivity index (χ1v) is 6.68. The van der Waals surface area contributed by atoms with Gasteiger partial charge in [-0.15, -0.1) is 0 Å². The minimum absolute atomic E-state index is 0.960. The smallest absolute Gasteiger partial charge is 0.143 e. The van der Waals surface area contributed by atoms with Crippen LogP contribution in [0.2, 0.25) is 0 Å². The van der Waals surface area contributed by atoms with E-state index in [2.05, 4.69) is 51.8 Å². The molecule has 0 N–H and O–H groups in total. The van der Waals surface area contributed by atoms with Crippen LogP contribution in [0.5, 0.6) is 5.75 Å². The summed E-state index contributed by atoms with van der Waals surface area (Å²) in [6.45, 7) is 6.39. The average Bonchev–Trinajstić information content (AvgIpc) is 2.30. The fourth-order valence-corrected chi connectivity index (χ4v) is 3.00. The Labute approximate surface area is 111 Å². The first kappa shape index (κ1) is 12.7. The molecule has 1 fully saturated rings. The van der Waals surface area contributed by atoms with Crippen molar-refractivity contribution in [3.05, 3.63) is 22.2 Å². The second-order valence-corrected chi connectivity index (χ2v) is 5.44. The maximum absolute atomic E-state index is 5.50. The van der Waals surface area contributed by atoms with Gasteiger partial charge >= 0.3 is 0 Å². The van der Waals surface area contributed by atoms with Crippen LogP contribution in [0, 0.1) is 6.92 Å². The number of halogens is 1. The Morgan fingerprint density at radius 3 is 2.41 bits per heavy atom. The second kappa shape index (κ2) is 5.27. The molecular formula is C13H19BrN2O. The molecule has 0 bridgehead atoms.